The molecule has 0 aliphatic heterocycles. The number of aliphatic carboxylic acids is 1. The van der Waals surface area contributed by atoms with Crippen LogP contribution in [0.4, 0.5) is 0 Å². The predicted molar refractivity (Wildman–Crippen MR) is 104 cm³/mol. The zero-order valence-corrected chi connectivity index (χ0v) is 15.9. The van der Waals surface area contributed by atoms with Gasteiger partial charge in [-0.1, -0.05) is 37.2 Å². The van der Waals surface area contributed by atoms with Crippen molar-refractivity contribution in [1.29, 1.82) is 5.26 Å². The third kappa shape index (κ3) is 4.88. The van der Waals surface area contributed by atoms with E-state index in [2.05, 4.69) is 10.1 Å². The van der Waals surface area contributed by atoms with Crippen LogP contribution in [0, 0.1) is 17.2 Å². The van der Waals surface area contributed by atoms with Crippen LogP contribution < -0.4 is 0 Å². The van der Waals surface area contributed by atoms with Crippen LogP contribution in [0.2, 0.25) is 0 Å². The van der Waals surface area contributed by atoms with Gasteiger partial charge in [0.2, 0.25) is 0 Å². The van der Waals surface area contributed by atoms with Crippen LogP contribution >= 0.6 is 0 Å². The lowest BCUT2D eigenvalue weighted by molar-refractivity contribution is -0.147. The maximum absolute atomic E-state index is 12.9. The van der Waals surface area contributed by atoms with E-state index >= 15 is 0 Å². The third-order valence-electron chi connectivity index (χ3n) is 4.44. The average Bonchev–Trinajstić information content (AvgIpc) is 3.07. The molecular weight excluding hydrogens is 360 g/mol. The van der Waals surface area contributed by atoms with Gasteiger partial charge in [0.05, 0.1) is 12.5 Å². The fraction of sp³-hybridized carbons (Fsp3) is 0.400. The predicted octanol–water partition coefficient (Wildman–Crippen LogP) is 2.78. The van der Waals surface area contributed by atoms with Gasteiger partial charge in [-0.2, -0.15) is 5.26 Å². The fourth-order valence-electron chi connectivity index (χ4n) is 3.13. The molecule has 28 heavy (non-hydrogen) atoms. The van der Waals surface area contributed by atoms with E-state index in [1.165, 1.54) is 0 Å². The van der Waals surface area contributed by atoms with E-state index in [0.29, 0.717) is 0 Å². The monoisotopic (exact) mass is 384 g/mol. The summed E-state index contributed by atoms with van der Waals surface area (Å²) in [5.41, 5.74) is 1.51. The van der Waals surface area contributed by atoms with E-state index in [0.717, 1.165) is 21.4 Å². The number of nitrogens with zero attached hydrogens (tertiary/aromatic N) is 3. The van der Waals surface area contributed by atoms with Crippen LogP contribution in [0.3, 0.4) is 0 Å². The average molecular weight is 384 g/mol. The Hall–Kier alpha value is -3.34. The lowest BCUT2D eigenvalue weighted by Gasteiger charge is -2.28. The van der Waals surface area contributed by atoms with Crippen LogP contribution in [-0.4, -0.2) is 50.4 Å². The molecule has 3 N–H and O–H groups in total. The molecule has 0 radical (unpaired) electrons. The van der Waals surface area contributed by atoms with E-state index in [1.54, 1.807) is 6.20 Å². The molecule has 0 saturated heterocycles. The van der Waals surface area contributed by atoms with Gasteiger partial charge in [0.15, 0.2) is 0 Å². The Morgan fingerprint density at radius 1 is 1.32 bits per heavy atom. The molecule has 0 saturated carbocycles. The number of H-pyrrole nitrogens is 1. The number of fused-ring (bicyclic) bond motifs is 1. The summed E-state index contributed by atoms with van der Waals surface area (Å²) < 4.78 is 0. The Balaban J connectivity index is 2.37. The molecule has 148 valence electrons. The number of carboxylic acids is 1. The van der Waals surface area contributed by atoms with Crippen molar-refractivity contribution in [2.75, 3.05) is 6.54 Å². The summed E-state index contributed by atoms with van der Waals surface area (Å²) in [6.07, 6.45) is 1.97. The van der Waals surface area contributed by atoms with Crippen LogP contribution in [0.5, 0.6) is 0 Å². The molecule has 1 heterocycles. The SMILES string of the molecule is CC(C)C/C(=N\O)C(=O)N(CCC#N)C(Cc1c[nH]c2ccccc12)C(=O)O. The number of oxime groups is 1. The highest BCUT2D eigenvalue weighted by atomic mass is 16.4. The first kappa shape index (κ1) is 21.0. The lowest BCUT2D eigenvalue weighted by atomic mass is 10.0. The highest BCUT2D eigenvalue weighted by molar-refractivity contribution is 6.39. The fourth-order valence-corrected chi connectivity index (χ4v) is 3.13. The Kier molecular flexibility index (Phi) is 7.15. The minimum absolute atomic E-state index is 0.0240. The van der Waals surface area contributed by atoms with Gasteiger partial charge in [0.25, 0.3) is 5.91 Å². The second-order valence-electron chi connectivity index (χ2n) is 6.97. The van der Waals surface area contributed by atoms with E-state index in [1.807, 2.05) is 44.2 Å². The quantitative estimate of drug-likeness (QED) is 0.348. The van der Waals surface area contributed by atoms with Gasteiger partial charge in [-0.15, -0.1) is 0 Å². The van der Waals surface area contributed by atoms with Crippen molar-refractivity contribution in [2.45, 2.75) is 39.2 Å². The van der Waals surface area contributed by atoms with Crippen molar-refractivity contribution >= 4 is 28.5 Å². The molecule has 0 aliphatic carbocycles. The smallest absolute Gasteiger partial charge is 0.326 e. The number of carbonyl (C=O) groups excluding carboxylic acids is 1. The summed E-state index contributed by atoms with van der Waals surface area (Å²) in [6.45, 7) is 3.66. The van der Waals surface area contributed by atoms with E-state index in [9.17, 15) is 19.9 Å². The number of nitriles is 1. The minimum atomic E-state index is -1.19. The molecule has 8 nitrogen and oxygen atoms in total. The zero-order valence-electron chi connectivity index (χ0n) is 15.9. The molecule has 2 aromatic rings. The largest absolute Gasteiger partial charge is 0.480 e. The van der Waals surface area contributed by atoms with E-state index in [4.69, 9.17) is 5.26 Å². The Labute approximate surface area is 163 Å². The van der Waals surface area contributed by atoms with Crippen molar-refractivity contribution in [2.24, 2.45) is 11.1 Å². The molecular formula is C20H24N4O4. The minimum Gasteiger partial charge on any atom is -0.480 e. The normalized spacial score (nSPS) is 12.7. The van der Waals surface area contributed by atoms with Crippen molar-refractivity contribution in [1.82, 2.24) is 9.88 Å². The third-order valence-corrected chi connectivity index (χ3v) is 4.44. The first-order chi connectivity index (χ1) is 13.4. The van der Waals surface area contributed by atoms with Crippen LogP contribution in [0.1, 0.15) is 32.3 Å². The Morgan fingerprint density at radius 3 is 2.64 bits per heavy atom. The zero-order chi connectivity index (χ0) is 20.7. The second kappa shape index (κ2) is 9.55. The number of hydrogen-bond donors (Lipinski definition) is 3. The van der Waals surface area contributed by atoms with Crippen molar-refractivity contribution in [3.63, 3.8) is 0 Å². The molecule has 1 unspecified atom stereocenters. The van der Waals surface area contributed by atoms with E-state index in [-0.39, 0.29) is 37.4 Å². The maximum Gasteiger partial charge on any atom is 0.326 e. The van der Waals surface area contributed by atoms with Gasteiger partial charge in [0.1, 0.15) is 11.8 Å². The number of carboxylic acid groups (broad SMARTS) is 1. The van der Waals surface area contributed by atoms with Gasteiger partial charge in [-0.25, -0.2) is 4.79 Å². The van der Waals surface area contributed by atoms with Crippen LogP contribution in [0.25, 0.3) is 10.9 Å². The summed E-state index contributed by atoms with van der Waals surface area (Å²) in [5, 5.41) is 32.0. The number of aromatic nitrogens is 1. The molecule has 0 bridgehead atoms. The summed E-state index contributed by atoms with van der Waals surface area (Å²) in [6, 6.07) is 8.23. The summed E-state index contributed by atoms with van der Waals surface area (Å²) in [5.74, 6) is -1.80. The standard InChI is InChI=1S/C20H24N4O4/c1-13(2)10-17(23-28)19(25)24(9-5-8-21)18(20(26)27)11-14-12-22-16-7-4-3-6-15(14)16/h3-4,6-7,12-13,18,22,28H,5,9-11H2,1-2H3,(H,26,27)/b23-17+. The van der Waals surface area contributed by atoms with Crippen molar-refractivity contribution in [3.05, 3.63) is 36.0 Å². The number of nitrogens with one attached hydrogen (secondary N) is 1. The Morgan fingerprint density at radius 2 is 2.04 bits per heavy atom. The molecule has 1 amide bonds. The summed E-state index contributed by atoms with van der Waals surface area (Å²) in [4.78, 5) is 29.1. The topological polar surface area (TPSA) is 130 Å². The number of aromatic amines is 1. The number of para-hydroxylation sites is 1. The first-order valence-corrected chi connectivity index (χ1v) is 9.05. The summed E-state index contributed by atoms with van der Waals surface area (Å²) in [7, 11) is 0. The van der Waals surface area contributed by atoms with Crippen molar-refractivity contribution in [3.8, 4) is 6.07 Å². The molecule has 8 heteroatoms. The highest BCUT2D eigenvalue weighted by Gasteiger charge is 2.33. The van der Waals surface area contributed by atoms with Gasteiger partial charge in [-0.3, -0.25) is 4.79 Å². The number of rotatable bonds is 9. The second-order valence-corrected chi connectivity index (χ2v) is 6.97. The van der Waals surface area contributed by atoms with Crippen molar-refractivity contribution < 1.29 is 19.9 Å². The van der Waals surface area contributed by atoms with Gasteiger partial charge in [-0.05, 0) is 17.5 Å². The number of carbonyl (C=O) groups is 2. The molecule has 0 spiro atoms. The first-order valence-electron chi connectivity index (χ1n) is 9.05. The number of benzene rings is 1. The van der Waals surface area contributed by atoms with Crippen LogP contribution in [-0.2, 0) is 16.0 Å². The molecule has 0 aliphatic rings. The maximum atomic E-state index is 12.9. The van der Waals surface area contributed by atoms with Gasteiger partial charge < -0.3 is 20.2 Å². The van der Waals surface area contributed by atoms with Gasteiger partial charge >= 0.3 is 5.97 Å². The highest BCUT2D eigenvalue weighted by Crippen LogP contribution is 2.21. The molecule has 0 fully saturated rings. The lowest BCUT2D eigenvalue weighted by Crippen LogP contribution is -2.49. The Bertz CT molecular complexity index is 910. The molecule has 2 rings (SSSR count). The van der Waals surface area contributed by atoms with Crippen LogP contribution in [0.15, 0.2) is 35.6 Å². The van der Waals surface area contributed by atoms with Gasteiger partial charge in [0, 0.05) is 36.5 Å². The van der Waals surface area contributed by atoms with E-state index < -0.39 is 17.9 Å². The number of hydrogen-bond acceptors (Lipinski definition) is 5. The molecule has 1 atom stereocenters. The summed E-state index contributed by atoms with van der Waals surface area (Å²) >= 11 is 0. The number of amides is 1. The molecule has 1 aromatic carbocycles. The molecule has 1 aromatic heterocycles.